The number of hydrogen-bond donors (Lipinski definition) is 0. The molecule has 0 saturated heterocycles. The van der Waals surface area contributed by atoms with Gasteiger partial charge in [0.05, 0.1) is 11.9 Å². The number of imidazole rings is 1. The van der Waals surface area contributed by atoms with Gasteiger partial charge in [0, 0.05) is 16.7 Å². The number of nitrogens with zero attached hydrogens (tertiary/aromatic N) is 3. The minimum atomic E-state index is -1.52. The van der Waals surface area contributed by atoms with Gasteiger partial charge < -0.3 is 4.74 Å². The molecule has 2 heterocycles. The first-order valence-electron chi connectivity index (χ1n) is 7.88. The van der Waals surface area contributed by atoms with Crippen molar-refractivity contribution < 1.29 is 17.9 Å². The second kappa shape index (κ2) is 6.92. The maximum atomic E-state index is 13.6. The van der Waals surface area contributed by atoms with Crippen LogP contribution in [0.15, 0.2) is 54.7 Å². The monoisotopic (exact) mass is 389 g/mol. The van der Waals surface area contributed by atoms with E-state index in [0.29, 0.717) is 16.4 Å². The van der Waals surface area contributed by atoms with E-state index in [-0.39, 0.29) is 18.1 Å². The fraction of sp³-hybridized carbons (Fsp3) is 0.0526. The summed E-state index contributed by atoms with van der Waals surface area (Å²) in [5, 5.41) is 4.89. The molecule has 0 fully saturated rings. The number of ether oxygens (including phenoxy) is 1. The molecule has 2 aromatic heterocycles. The van der Waals surface area contributed by atoms with E-state index < -0.39 is 17.5 Å². The fourth-order valence-corrected chi connectivity index (χ4v) is 2.83. The molecule has 0 saturated carbocycles. The van der Waals surface area contributed by atoms with Gasteiger partial charge in [0.2, 0.25) is 5.88 Å². The van der Waals surface area contributed by atoms with Crippen molar-refractivity contribution in [3.63, 3.8) is 0 Å². The van der Waals surface area contributed by atoms with E-state index in [4.69, 9.17) is 16.3 Å². The zero-order chi connectivity index (χ0) is 19.0. The number of rotatable bonds is 4. The van der Waals surface area contributed by atoms with Crippen molar-refractivity contribution in [2.24, 2.45) is 0 Å². The highest BCUT2D eigenvalue weighted by Crippen LogP contribution is 2.25. The van der Waals surface area contributed by atoms with Crippen LogP contribution >= 0.6 is 11.6 Å². The summed E-state index contributed by atoms with van der Waals surface area (Å²) in [5.41, 5.74) is 1.72. The number of fused-ring (bicyclic) bond motifs is 1. The minimum Gasteiger partial charge on any atom is -0.472 e. The van der Waals surface area contributed by atoms with E-state index in [9.17, 15) is 13.2 Å². The highest BCUT2D eigenvalue weighted by molar-refractivity contribution is 6.30. The van der Waals surface area contributed by atoms with Crippen molar-refractivity contribution in [1.29, 1.82) is 0 Å². The summed E-state index contributed by atoms with van der Waals surface area (Å²) in [6.07, 6.45) is 1.40. The molecule has 0 amide bonds. The van der Waals surface area contributed by atoms with E-state index in [0.717, 1.165) is 17.7 Å². The molecule has 0 aliphatic carbocycles. The van der Waals surface area contributed by atoms with Gasteiger partial charge in [-0.25, -0.2) is 22.7 Å². The highest BCUT2D eigenvalue weighted by Gasteiger charge is 2.15. The Morgan fingerprint density at radius 2 is 1.78 bits per heavy atom. The second-order valence-electron chi connectivity index (χ2n) is 5.76. The van der Waals surface area contributed by atoms with Gasteiger partial charge >= 0.3 is 0 Å². The molecule has 8 heteroatoms. The van der Waals surface area contributed by atoms with Gasteiger partial charge in [-0.05, 0) is 35.9 Å². The van der Waals surface area contributed by atoms with Gasteiger partial charge in [-0.15, -0.1) is 5.10 Å². The van der Waals surface area contributed by atoms with Crippen LogP contribution in [-0.2, 0) is 6.61 Å². The van der Waals surface area contributed by atoms with Crippen molar-refractivity contribution in [2.45, 2.75) is 6.61 Å². The predicted octanol–water partition coefficient (Wildman–Crippen LogP) is 5.05. The third-order valence-electron chi connectivity index (χ3n) is 3.89. The first-order valence-corrected chi connectivity index (χ1v) is 8.26. The largest absolute Gasteiger partial charge is 0.472 e. The Bertz CT molecular complexity index is 1120. The first kappa shape index (κ1) is 17.4. The Labute approximate surface area is 156 Å². The Morgan fingerprint density at radius 1 is 1.00 bits per heavy atom. The Kier molecular flexibility index (Phi) is 4.45. The van der Waals surface area contributed by atoms with Gasteiger partial charge in [-0.3, -0.25) is 0 Å². The molecule has 0 spiro atoms. The van der Waals surface area contributed by atoms with Crippen LogP contribution in [0.2, 0.25) is 5.02 Å². The van der Waals surface area contributed by atoms with E-state index in [1.807, 2.05) is 12.1 Å². The molecule has 4 rings (SSSR count). The maximum Gasteiger partial charge on any atom is 0.232 e. The minimum absolute atomic E-state index is 0.110. The lowest BCUT2D eigenvalue weighted by Crippen LogP contribution is -2.02. The lowest BCUT2D eigenvalue weighted by Gasteiger charge is -2.07. The van der Waals surface area contributed by atoms with Gasteiger partial charge in [-0.2, -0.15) is 0 Å². The predicted molar refractivity (Wildman–Crippen MR) is 94.1 cm³/mol. The van der Waals surface area contributed by atoms with Gasteiger partial charge in [0.1, 0.15) is 6.61 Å². The average Bonchev–Trinajstić information content (AvgIpc) is 3.07. The summed E-state index contributed by atoms with van der Waals surface area (Å²) in [5.74, 6) is -3.81. The average molecular weight is 390 g/mol. The normalized spacial score (nSPS) is 11.1. The maximum absolute atomic E-state index is 13.6. The van der Waals surface area contributed by atoms with E-state index in [1.54, 1.807) is 24.3 Å². The van der Waals surface area contributed by atoms with E-state index in [1.165, 1.54) is 10.7 Å². The summed E-state index contributed by atoms with van der Waals surface area (Å²) in [6, 6.07) is 12.3. The zero-order valence-corrected chi connectivity index (χ0v) is 14.4. The van der Waals surface area contributed by atoms with Crippen LogP contribution < -0.4 is 4.74 Å². The number of hydrogen-bond acceptors (Lipinski definition) is 3. The van der Waals surface area contributed by atoms with Gasteiger partial charge in [0.25, 0.3) is 0 Å². The summed E-state index contributed by atoms with van der Waals surface area (Å²) in [4.78, 5) is 4.14. The van der Waals surface area contributed by atoms with Crippen LogP contribution in [0.3, 0.4) is 0 Å². The molecular weight excluding hydrogens is 379 g/mol. The molecule has 0 aliphatic rings. The summed E-state index contributed by atoms with van der Waals surface area (Å²) in [7, 11) is 0. The quantitative estimate of drug-likeness (QED) is 0.459. The first-order chi connectivity index (χ1) is 13.0. The van der Waals surface area contributed by atoms with Crippen LogP contribution in [0.25, 0.3) is 16.9 Å². The van der Waals surface area contributed by atoms with E-state index >= 15 is 0 Å². The van der Waals surface area contributed by atoms with Crippen LogP contribution in [0.5, 0.6) is 5.88 Å². The summed E-state index contributed by atoms with van der Waals surface area (Å²) >= 11 is 5.94. The van der Waals surface area contributed by atoms with Gasteiger partial charge in [0.15, 0.2) is 23.1 Å². The van der Waals surface area contributed by atoms with Crippen LogP contribution in [0.1, 0.15) is 5.56 Å². The second-order valence-corrected chi connectivity index (χ2v) is 6.19. The van der Waals surface area contributed by atoms with Crippen molar-refractivity contribution in [3.8, 4) is 17.1 Å². The van der Waals surface area contributed by atoms with Gasteiger partial charge in [-0.1, -0.05) is 23.7 Å². The highest BCUT2D eigenvalue weighted by atomic mass is 35.5. The molecule has 0 atom stereocenters. The van der Waals surface area contributed by atoms with Crippen molar-refractivity contribution in [3.05, 3.63) is 82.8 Å². The zero-order valence-electron chi connectivity index (χ0n) is 13.7. The molecule has 27 heavy (non-hydrogen) atoms. The fourth-order valence-electron chi connectivity index (χ4n) is 2.62. The van der Waals surface area contributed by atoms with Crippen molar-refractivity contribution in [1.82, 2.24) is 14.6 Å². The van der Waals surface area contributed by atoms with Crippen molar-refractivity contribution in [2.75, 3.05) is 0 Å². The Hall–Kier alpha value is -3.06. The third kappa shape index (κ3) is 3.46. The smallest absolute Gasteiger partial charge is 0.232 e. The van der Waals surface area contributed by atoms with Crippen molar-refractivity contribution >= 4 is 17.2 Å². The molecule has 4 nitrogen and oxygen atoms in total. The molecule has 136 valence electrons. The van der Waals surface area contributed by atoms with Crippen LogP contribution in [0, 0.1) is 17.5 Å². The van der Waals surface area contributed by atoms with Crippen LogP contribution in [0.4, 0.5) is 13.2 Å². The molecule has 4 aromatic rings. The molecule has 0 radical (unpaired) electrons. The molecule has 0 N–H and O–H groups in total. The SMILES string of the molecule is Fc1cc(-c2cnc3ccc(OCc4cccc(Cl)c4)nn23)cc(F)c1F. The number of aromatic nitrogens is 3. The van der Waals surface area contributed by atoms with Crippen LogP contribution in [-0.4, -0.2) is 14.6 Å². The Balaban J connectivity index is 1.67. The lowest BCUT2D eigenvalue weighted by atomic mass is 10.1. The molecule has 0 unspecified atom stereocenters. The Morgan fingerprint density at radius 3 is 2.52 bits per heavy atom. The standard InChI is InChI=1S/C19H11ClF3N3O/c20-13-3-1-2-11(6-13)10-27-18-5-4-17-24-9-16(26(17)25-18)12-7-14(21)19(23)15(22)8-12/h1-9H,10H2. The molecule has 2 aromatic carbocycles. The topological polar surface area (TPSA) is 39.4 Å². The number of halogens is 4. The summed E-state index contributed by atoms with van der Waals surface area (Å²) in [6.45, 7) is 0.239. The third-order valence-corrected chi connectivity index (χ3v) is 4.13. The molecule has 0 bridgehead atoms. The lowest BCUT2D eigenvalue weighted by molar-refractivity contribution is 0.289. The van der Waals surface area contributed by atoms with E-state index in [2.05, 4.69) is 10.1 Å². The summed E-state index contributed by atoms with van der Waals surface area (Å²) < 4.78 is 47.3. The molecular formula is C19H11ClF3N3O. The number of benzene rings is 2. The molecule has 0 aliphatic heterocycles.